The van der Waals surface area contributed by atoms with Crippen LogP contribution in [0.25, 0.3) is 0 Å². The van der Waals surface area contributed by atoms with E-state index in [0.29, 0.717) is 13.1 Å². The summed E-state index contributed by atoms with van der Waals surface area (Å²) >= 11 is 0. The molecule has 0 heterocycles. The lowest BCUT2D eigenvalue weighted by Crippen LogP contribution is -2.42. The van der Waals surface area contributed by atoms with E-state index in [4.69, 9.17) is 4.74 Å². The summed E-state index contributed by atoms with van der Waals surface area (Å²) in [5, 5.41) is 9.18. The Hall–Kier alpha value is -0.990. The van der Waals surface area contributed by atoms with Crippen LogP contribution in [0.2, 0.25) is 0 Å². The molecule has 1 aliphatic rings. The summed E-state index contributed by atoms with van der Waals surface area (Å²) in [6, 6.07) is 0. The monoisotopic (exact) mass is 466 g/mol. The molecule has 3 N–H and O–H groups in total. The van der Waals surface area contributed by atoms with E-state index >= 15 is 0 Å². The van der Waals surface area contributed by atoms with Crippen LogP contribution in [0, 0.1) is 0 Å². The number of ether oxygens (including phenoxy) is 1. The van der Waals surface area contributed by atoms with Crippen molar-refractivity contribution in [3.63, 3.8) is 0 Å². The smallest absolute Gasteiger partial charge is 0.407 e. The molecule has 0 fully saturated rings. The molecule has 0 spiro atoms. The van der Waals surface area contributed by atoms with E-state index in [1.165, 1.54) is 31.3 Å². The van der Waals surface area contributed by atoms with Gasteiger partial charge in [-0.3, -0.25) is 4.99 Å². The molecule has 6 nitrogen and oxygen atoms in total. The Morgan fingerprint density at radius 2 is 1.92 bits per heavy atom. The highest BCUT2D eigenvalue weighted by Gasteiger charge is 2.15. The van der Waals surface area contributed by atoms with Crippen molar-refractivity contribution < 1.29 is 9.53 Å². The first-order valence-corrected chi connectivity index (χ1v) is 9.07. The maximum atomic E-state index is 11.6. The predicted octanol–water partition coefficient (Wildman–Crippen LogP) is 3.57. The van der Waals surface area contributed by atoms with Crippen molar-refractivity contribution >= 4 is 36.0 Å². The van der Waals surface area contributed by atoms with Gasteiger partial charge in [0.05, 0.1) is 0 Å². The number of allylic oxidation sites excluding steroid dienone is 1. The lowest BCUT2D eigenvalue weighted by Gasteiger charge is -2.20. The van der Waals surface area contributed by atoms with Gasteiger partial charge in [-0.1, -0.05) is 11.6 Å². The third-order valence-corrected chi connectivity index (χ3v) is 3.52. The van der Waals surface area contributed by atoms with Gasteiger partial charge < -0.3 is 20.7 Å². The molecule has 0 aromatic rings. The van der Waals surface area contributed by atoms with Crippen LogP contribution < -0.4 is 16.0 Å². The van der Waals surface area contributed by atoms with E-state index in [-0.39, 0.29) is 24.0 Å². The van der Waals surface area contributed by atoms with Crippen LogP contribution in [0.3, 0.4) is 0 Å². The zero-order valence-corrected chi connectivity index (χ0v) is 18.4. The summed E-state index contributed by atoms with van der Waals surface area (Å²) < 4.78 is 5.19. The number of halogens is 1. The van der Waals surface area contributed by atoms with E-state index < -0.39 is 11.7 Å². The van der Waals surface area contributed by atoms with Crippen molar-refractivity contribution in [2.45, 2.75) is 65.4 Å². The molecule has 0 atom stereocenters. The Bertz CT molecular complexity index is 445. The number of nitrogens with zero attached hydrogens (tertiary/aromatic N) is 1. The van der Waals surface area contributed by atoms with Gasteiger partial charge in [0.2, 0.25) is 0 Å². The molecule has 0 saturated carbocycles. The van der Waals surface area contributed by atoms with E-state index in [2.05, 4.69) is 27.0 Å². The summed E-state index contributed by atoms with van der Waals surface area (Å²) in [5.74, 6) is 0.792. The van der Waals surface area contributed by atoms with Crippen molar-refractivity contribution in [2.75, 3.05) is 26.2 Å². The molecule has 0 bridgehead atoms. The molecule has 0 aromatic carbocycles. The molecule has 1 rings (SSSR count). The summed E-state index contributed by atoms with van der Waals surface area (Å²) in [6.45, 7) is 10.3. The molecule has 0 unspecified atom stereocenters. The Balaban J connectivity index is 0.00000576. The van der Waals surface area contributed by atoms with Gasteiger partial charge in [-0.15, -0.1) is 24.0 Å². The Morgan fingerprint density at radius 3 is 2.52 bits per heavy atom. The zero-order valence-electron chi connectivity index (χ0n) is 16.1. The minimum absolute atomic E-state index is 0. The zero-order chi connectivity index (χ0) is 17.8. The van der Waals surface area contributed by atoms with Gasteiger partial charge in [-0.05, 0) is 59.8 Å². The van der Waals surface area contributed by atoms with Crippen LogP contribution in [0.5, 0.6) is 0 Å². The van der Waals surface area contributed by atoms with Gasteiger partial charge in [-0.25, -0.2) is 4.79 Å². The number of carbonyl (C=O) groups excluding carboxylic acids is 1. The first-order chi connectivity index (χ1) is 11.4. The number of carbonyl (C=O) groups is 1. The van der Waals surface area contributed by atoms with Gasteiger partial charge >= 0.3 is 6.09 Å². The van der Waals surface area contributed by atoms with Crippen molar-refractivity contribution in [3.8, 4) is 0 Å². The SMILES string of the molecule is CCNC(=NCCC1=CCCCC1)NCCNC(=O)OC(C)(C)C.I. The number of amides is 1. The van der Waals surface area contributed by atoms with Crippen molar-refractivity contribution in [2.24, 2.45) is 4.99 Å². The maximum absolute atomic E-state index is 11.6. The molecular weight excluding hydrogens is 431 g/mol. The third-order valence-electron chi connectivity index (χ3n) is 3.52. The minimum Gasteiger partial charge on any atom is -0.444 e. The van der Waals surface area contributed by atoms with Crippen LogP contribution in [-0.2, 0) is 4.74 Å². The second-order valence-electron chi connectivity index (χ2n) is 6.97. The lowest BCUT2D eigenvalue weighted by molar-refractivity contribution is 0.0529. The van der Waals surface area contributed by atoms with Gasteiger partial charge in [0, 0.05) is 26.2 Å². The van der Waals surface area contributed by atoms with Crippen LogP contribution in [0.1, 0.15) is 59.8 Å². The van der Waals surface area contributed by atoms with Crippen LogP contribution in [0.15, 0.2) is 16.6 Å². The Labute approximate surface area is 169 Å². The molecule has 0 aromatic heterocycles. The van der Waals surface area contributed by atoms with Crippen LogP contribution in [-0.4, -0.2) is 43.8 Å². The number of guanidine groups is 1. The molecule has 1 amide bonds. The van der Waals surface area contributed by atoms with E-state index in [1.807, 2.05) is 27.7 Å². The largest absolute Gasteiger partial charge is 0.444 e. The first-order valence-electron chi connectivity index (χ1n) is 9.07. The molecule has 0 radical (unpaired) electrons. The summed E-state index contributed by atoms with van der Waals surface area (Å²) in [7, 11) is 0. The normalized spacial score (nSPS) is 14.9. The standard InChI is InChI=1S/C18H34N4O2.HI/c1-5-19-16(20-12-11-15-9-7-6-8-10-15)21-13-14-22-17(23)24-18(2,3)4;/h9H,5-8,10-14H2,1-4H3,(H,22,23)(H2,19,20,21);1H. The molecule has 0 aliphatic heterocycles. The van der Waals surface area contributed by atoms with E-state index in [0.717, 1.165) is 25.5 Å². The molecular formula is C18H35IN4O2. The topological polar surface area (TPSA) is 74.8 Å². The third kappa shape index (κ3) is 12.9. The fraction of sp³-hybridized carbons (Fsp3) is 0.778. The number of hydrogen-bond acceptors (Lipinski definition) is 3. The average Bonchev–Trinajstić information content (AvgIpc) is 2.51. The first kappa shape index (κ1) is 24.0. The Kier molecular flexibility index (Phi) is 12.7. The maximum Gasteiger partial charge on any atom is 0.407 e. The summed E-state index contributed by atoms with van der Waals surface area (Å²) in [6.07, 6.45) is 8.07. The molecule has 7 heteroatoms. The second kappa shape index (κ2) is 13.2. The highest BCUT2D eigenvalue weighted by atomic mass is 127. The van der Waals surface area contributed by atoms with Crippen LogP contribution >= 0.6 is 24.0 Å². The van der Waals surface area contributed by atoms with Crippen molar-refractivity contribution in [3.05, 3.63) is 11.6 Å². The van der Waals surface area contributed by atoms with Crippen LogP contribution in [0.4, 0.5) is 4.79 Å². The lowest BCUT2D eigenvalue weighted by atomic mass is 9.97. The van der Waals surface area contributed by atoms with E-state index in [1.54, 1.807) is 0 Å². The number of alkyl carbamates (subject to hydrolysis) is 1. The second-order valence-corrected chi connectivity index (χ2v) is 6.97. The summed E-state index contributed by atoms with van der Waals surface area (Å²) in [4.78, 5) is 16.2. The minimum atomic E-state index is -0.471. The number of nitrogens with one attached hydrogen (secondary N) is 3. The molecule has 25 heavy (non-hydrogen) atoms. The molecule has 146 valence electrons. The van der Waals surface area contributed by atoms with Gasteiger partial charge in [0.15, 0.2) is 5.96 Å². The number of aliphatic imine (C=N–C) groups is 1. The number of rotatable bonds is 7. The average molecular weight is 466 g/mol. The summed E-state index contributed by atoms with van der Waals surface area (Å²) in [5.41, 5.74) is 1.06. The fourth-order valence-electron chi connectivity index (χ4n) is 2.44. The van der Waals surface area contributed by atoms with Crippen molar-refractivity contribution in [1.29, 1.82) is 0 Å². The van der Waals surface area contributed by atoms with Gasteiger partial charge in [-0.2, -0.15) is 0 Å². The molecule has 1 aliphatic carbocycles. The highest BCUT2D eigenvalue weighted by molar-refractivity contribution is 14.0. The number of hydrogen-bond donors (Lipinski definition) is 3. The fourth-order valence-corrected chi connectivity index (χ4v) is 2.44. The molecule has 0 saturated heterocycles. The van der Waals surface area contributed by atoms with Gasteiger partial charge in [0.1, 0.15) is 5.60 Å². The quantitative estimate of drug-likeness (QED) is 0.176. The predicted molar refractivity (Wildman–Crippen MR) is 115 cm³/mol. The van der Waals surface area contributed by atoms with Crippen molar-refractivity contribution in [1.82, 2.24) is 16.0 Å². The van der Waals surface area contributed by atoms with Gasteiger partial charge in [0.25, 0.3) is 0 Å². The highest BCUT2D eigenvalue weighted by Crippen LogP contribution is 2.19. The Morgan fingerprint density at radius 1 is 1.20 bits per heavy atom. The van der Waals surface area contributed by atoms with E-state index in [9.17, 15) is 4.79 Å².